The minimum absolute atomic E-state index is 0.0118. The van der Waals surface area contributed by atoms with Crippen LogP contribution in [0.25, 0.3) is 0 Å². The van der Waals surface area contributed by atoms with E-state index < -0.39 is 11.4 Å². The van der Waals surface area contributed by atoms with Crippen LogP contribution in [0.1, 0.15) is 16.3 Å². The van der Waals surface area contributed by atoms with Crippen molar-refractivity contribution in [3.63, 3.8) is 0 Å². The number of amides is 1. The molecule has 21 heavy (non-hydrogen) atoms. The van der Waals surface area contributed by atoms with E-state index in [0.717, 1.165) is 0 Å². The first-order chi connectivity index (χ1) is 9.89. The number of carbonyl (C=O) groups is 1. The van der Waals surface area contributed by atoms with E-state index in [4.69, 9.17) is 10.2 Å². The lowest BCUT2D eigenvalue weighted by Gasteiger charge is -2.11. The SMILES string of the molecule is NCc1ccc(C(=O)Nc2ccccc2SC(F)(F)F)o1. The van der Waals surface area contributed by atoms with E-state index in [9.17, 15) is 18.0 Å². The summed E-state index contributed by atoms with van der Waals surface area (Å²) in [6.45, 7) is 0.133. The Morgan fingerprint density at radius 1 is 1.24 bits per heavy atom. The number of alkyl halides is 3. The first kappa shape index (κ1) is 15.5. The van der Waals surface area contributed by atoms with Crippen molar-refractivity contribution < 1.29 is 22.4 Å². The van der Waals surface area contributed by atoms with Crippen LogP contribution in [0.2, 0.25) is 0 Å². The Morgan fingerprint density at radius 3 is 2.57 bits per heavy atom. The number of thioether (sulfide) groups is 1. The topological polar surface area (TPSA) is 68.3 Å². The Labute approximate surface area is 122 Å². The number of nitrogens with one attached hydrogen (secondary N) is 1. The molecule has 0 spiro atoms. The molecule has 1 amide bonds. The summed E-state index contributed by atoms with van der Waals surface area (Å²) in [5.41, 5.74) is 0.989. The fraction of sp³-hybridized carbons (Fsp3) is 0.154. The predicted octanol–water partition coefficient (Wildman–Crippen LogP) is 3.60. The molecule has 0 bridgehead atoms. The standard InChI is InChI=1S/C13H11F3N2O2S/c14-13(15,16)21-11-4-2-1-3-9(11)18-12(19)10-6-5-8(7-17)20-10/h1-6H,7,17H2,(H,18,19). The van der Waals surface area contributed by atoms with Crippen LogP contribution < -0.4 is 11.1 Å². The van der Waals surface area contributed by atoms with Crippen LogP contribution in [-0.4, -0.2) is 11.4 Å². The normalized spacial score (nSPS) is 11.4. The zero-order valence-electron chi connectivity index (χ0n) is 10.6. The van der Waals surface area contributed by atoms with E-state index in [1.807, 2.05) is 0 Å². The molecule has 0 unspecified atom stereocenters. The molecule has 2 aromatic rings. The highest BCUT2D eigenvalue weighted by Crippen LogP contribution is 2.40. The van der Waals surface area contributed by atoms with Gasteiger partial charge in [-0.05, 0) is 36.0 Å². The second kappa shape index (κ2) is 6.23. The first-order valence-electron chi connectivity index (χ1n) is 5.84. The van der Waals surface area contributed by atoms with Gasteiger partial charge in [0.25, 0.3) is 5.91 Å². The van der Waals surface area contributed by atoms with Crippen molar-refractivity contribution in [3.05, 3.63) is 47.9 Å². The number of hydrogen-bond acceptors (Lipinski definition) is 4. The van der Waals surface area contributed by atoms with Gasteiger partial charge in [-0.3, -0.25) is 4.79 Å². The van der Waals surface area contributed by atoms with E-state index in [-0.39, 0.29) is 34.6 Å². The summed E-state index contributed by atoms with van der Waals surface area (Å²) >= 11 is -0.291. The molecule has 0 fully saturated rings. The molecule has 0 aliphatic rings. The summed E-state index contributed by atoms with van der Waals surface area (Å²) in [6.07, 6.45) is 0. The van der Waals surface area contributed by atoms with Crippen LogP contribution in [0.5, 0.6) is 0 Å². The van der Waals surface area contributed by atoms with Crippen molar-refractivity contribution >= 4 is 23.4 Å². The number of anilines is 1. The van der Waals surface area contributed by atoms with Crippen LogP contribution >= 0.6 is 11.8 Å². The maximum atomic E-state index is 12.4. The number of rotatable bonds is 4. The fourth-order valence-corrected chi connectivity index (χ4v) is 2.20. The van der Waals surface area contributed by atoms with Gasteiger partial charge in [-0.25, -0.2) is 0 Å². The summed E-state index contributed by atoms with van der Waals surface area (Å²) in [7, 11) is 0. The van der Waals surface area contributed by atoms with Crippen LogP contribution in [-0.2, 0) is 6.54 Å². The molecule has 1 heterocycles. The Bertz CT molecular complexity index is 640. The maximum Gasteiger partial charge on any atom is 0.446 e. The average molecular weight is 316 g/mol. The molecule has 4 nitrogen and oxygen atoms in total. The van der Waals surface area contributed by atoms with E-state index in [2.05, 4.69) is 5.32 Å². The van der Waals surface area contributed by atoms with Gasteiger partial charge >= 0.3 is 5.51 Å². The maximum absolute atomic E-state index is 12.4. The number of para-hydroxylation sites is 1. The van der Waals surface area contributed by atoms with E-state index in [1.54, 1.807) is 0 Å². The minimum atomic E-state index is -4.43. The third-order valence-electron chi connectivity index (χ3n) is 2.45. The highest BCUT2D eigenvalue weighted by molar-refractivity contribution is 8.00. The molecule has 0 aliphatic heterocycles. The molecule has 8 heteroatoms. The Kier molecular flexibility index (Phi) is 4.59. The second-order valence-corrected chi connectivity index (χ2v) is 5.08. The molecular formula is C13H11F3N2O2S. The molecule has 2 rings (SSSR count). The van der Waals surface area contributed by atoms with Gasteiger partial charge in [0, 0.05) is 4.90 Å². The van der Waals surface area contributed by atoms with Crippen LogP contribution in [0, 0.1) is 0 Å². The number of benzene rings is 1. The zero-order chi connectivity index (χ0) is 15.5. The average Bonchev–Trinajstić information content (AvgIpc) is 2.88. The summed E-state index contributed by atoms with van der Waals surface area (Å²) in [5, 5.41) is 2.39. The largest absolute Gasteiger partial charge is 0.455 e. The predicted molar refractivity (Wildman–Crippen MR) is 72.9 cm³/mol. The van der Waals surface area contributed by atoms with Crippen LogP contribution in [0.15, 0.2) is 45.7 Å². The van der Waals surface area contributed by atoms with Gasteiger partial charge in [-0.1, -0.05) is 12.1 Å². The molecule has 3 N–H and O–H groups in total. The summed E-state index contributed by atoms with van der Waals surface area (Å²) in [5.74, 6) is -0.231. The monoisotopic (exact) mass is 316 g/mol. The molecular weight excluding hydrogens is 305 g/mol. The van der Waals surface area contributed by atoms with Crippen molar-refractivity contribution in [1.82, 2.24) is 0 Å². The molecule has 0 radical (unpaired) electrons. The molecule has 0 saturated carbocycles. The van der Waals surface area contributed by atoms with Gasteiger partial charge in [0.2, 0.25) is 0 Å². The number of nitrogens with two attached hydrogens (primary N) is 1. The van der Waals surface area contributed by atoms with Crippen molar-refractivity contribution in [1.29, 1.82) is 0 Å². The molecule has 1 aromatic heterocycles. The van der Waals surface area contributed by atoms with Gasteiger partial charge in [0.05, 0.1) is 12.2 Å². The van der Waals surface area contributed by atoms with Gasteiger partial charge in [-0.15, -0.1) is 0 Å². The van der Waals surface area contributed by atoms with Gasteiger partial charge in [0.1, 0.15) is 5.76 Å². The smallest absolute Gasteiger partial charge is 0.446 e. The lowest BCUT2D eigenvalue weighted by molar-refractivity contribution is -0.0328. The highest BCUT2D eigenvalue weighted by Gasteiger charge is 2.30. The van der Waals surface area contributed by atoms with Crippen LogP contribution in [0.3, 0.4) is 0 Å². The number of halogens is 3. The number of carbonyl (C=O) groups excluding carboxylic acids is 1. The number of furan rings is 1. The van der Waals surface area contributed by atoms with E-state index in [1.165, 1.54) is 36.4 Å². The van der Waals surface area contributed by atoms with Gasteiger partial charge in [0.15, 0.2) is 5.76 Å². The van der Waals surface area contributed by atoms with Gasteiger partial charge in [-0.2, -0.15) is 13.2 Å². The quantitative estimate of drug-likeness (QED) is 0.846. The van der Waals surface area contributed by atoms with Crippen molar-refractivity contribution in [2.45, 2.75) is 16.9 Å². The zero-order valence-corrected chi connectivity index (χ0v) is 11.4. The molecule has 0 atom stereocenters. The van der Waals surface area contributed by atoms with Crippen LogP contribution in [0.4, 0.5) is 18.9 Å². The Morgan fingerprint density at radius 2 is 1.95 bits per heavy atom. The lowest BCUT2D eigenvalue weighted by atomic mass is 10.3. The summed E-state index contributed by atoms with van der Waals surface area (Å²) < 4.78 is 42.5. The Hall–Kier alpha value is -1.93. The molecule has 112 valence electrons. The molecule has 0 saturated heterocycles. The molecule has 1 aromatic carbocycles. The summed E-state index contributed by atoms with van der Waals surface area (Å²) in [6, 6.07) is 8.61. The lowest BCUT2D eigenvalue weighted by Crippen LogP contribution is -2.12. The third-order valence-corrected chi connectivity index (χ3v) is 3.25. The third kappa shape index (κ3) is 4.27. The van der Waals surface area contributed by atoms with E-state index in [0.29, 0.717) is 5.76 Å². The molecule has 0 aliphatic carbocycles. The van der Waals surface area contributed by atoms with Crippen molar-refractivity contribution in [2.24, 2.45) is 5.73 Å². The Balaban J connectivity index is 2.17. The second-order valence-electron chi connectivity index (χ2n) is 3.97. The van der Waals surface area contributed by atoms with E-state index >= 15 is 0 Å². The van der Waals surface area contributed by atoms with Gasteiger partial charge < -0.3 is 15.5 Å². The summed E-state index contributed by atoms with van der Waals surface area (Å²) in [4.78, 5) is 11.8. The minimum Gasteiger partial charge on any atom is -0.455 e. The highest BCUT2D eigenvalue weighted by atomic mass is 32.2. The number of hydrogen-bond donors (Lipinski definition) is 2. The van der Waals surface area contributed by atoms with Crippen molar-refractivity contribution in [3.8, 4) is 0 Å². The fourth-order valence-electron chi connectivity index (χ4n) is 1.58. The first-order valence-corrected chi connectivity index (χ1v) is 6.65. The van der Waals surface area contributed by atoms with Crippen molar-refractivity contribution in [2.75, 3.05) is 5.32 Å².